The van der Waals surface area contributed by atoms with Gasteiger partial charge in [-0.1, -0.05) is 35.6 Å². The third-order valence-corrected chi connectivity index (χ3v) is 4.29. The van der Waals surface area contributed by atoms with E-state index in [1.165, 1.54) is 6.07 Å². The zero-order chi connectivity index (χ0) is 20.2. The van der Waals surface area contributed by atoms with Crippen molar-refractivity contribution < 1.29 is 9.13 Å². The van der Waals surface area contributed by atoms with Crippen LogP contribution in [0.1, 0.15) is 12.5 Å². The van der Waals surface area contributed by atoms with Crippen LogP contribution in [-0.4, -0.2) is 27.5 Å². The highest BCUT2D eigenvalue weighted by molar-refractivity contribution is 5.55. The van der Waals surface area contributed by atoms with Crippen molar-refractivity contribution in [2.45, 2.75) is 19.8 Å². The summed E-state index contributed by atoms with van der Waals surface area (Å²) in [7, 11) is 0. The molecule has 4 rings (SSSR count). The number of fused-ring (bicyclic) bond motifs is 1. The zero-order valence-electron chi connectivity index (χ0n) is 15.7. The van der Waals surface area contributed by atoms with Crippen LogP contribution in [0.4, 0.5) is 4.39 Å². The van der Waals surface area contributed by atoms with Gasteiger partial charge in [0.1, 0.15) is 11.6 Å². The highest BCUT2D eigenvalue weighted by Gasteiger charge is 2.22. The first-order valence-electron chi connectivity index (χ1n) is 9.02. The minimum atomic E-state index is -0.669. The number of nitrogens with two attached hydrogens (primary N) is 1. The van der Waals surface area contributed by atoms with Gasteiger partial charge in [-0.25, -0.2) is 14.4 Å². The van der Waals surface area contributed by atoms with Gasteiger partial charge in [-0.15, -0.1) is 5.11 Å². The summed E-state index contributed by atoms with van der Waals surface area (Å²) in [6.45, 7) is 2.77. The van der Waals surface area contributed by atoms with E-state index in [1.54, 1.807) is 6.20 Å². The molecule has 1 unspecified atom stereocenters. The SMILES string of the molecule is CCOC1N=c2c(nc(-c3cncc(F)c3)n2Cc2ccccc2)=C(N=NN)N1. The Morgan fingerprint density at radius 2 is 2.10 bits per heavy atom. The Bertz CT molecular complexity index is 1160. The molecule has 0 spiro atoms. The summed E-state index contributed by atoms with van der Waals surface area (Å²) in [6, 6.07) is 11.2. The van der Waals surface area contributed by atoms with Gasteiger partial charge in [-0.3, -0.25) is 4.98 Å². The lowest BCUT2D eigenvalue weighted by Gasteiger charge is -2.17. The molecular weight excluding hydrogens is 375 g/mol. The van der Waals surface area contributed by atoms with Crippen molar-refractivity contribution in [2.24, 2.45) is 21.2 Å². The lowest BCUT2D eigenvalue weighted by Crippen LogP contribution is -2.46. The maximum absolute atomic E-state index is 13.8. The van der Waals surface area contributed by atoms with Crippen molar-refractivity contribution in [3.8, 4) is 11.4 Å². The van der Waals surface area contributed by atoms with E-state index in [1.807, 2.05) is 41.8 Å². The fourth-order valence-corrected chi connectivity index (χ4v) is 3.10. The fraction of sp³-hybridized carbons (Fsp3) is 0.211. The molecule has 148 valence electrons. The molecule has 1 aliphatic heterocycles. The number of hydrogen-bond donors (Lipinski definition) is 2. The molecule has 0 radical (unpaired) electrons. The van der Waals surface area contributed by atoms with Crippen LogP contribution in [0.25, 0.3) is 17.2 Å². The number of aromatic nitrogens is 3. The summed E-state index contributed by atoms with van der Waals surface area (Å²) in [4.78, 5) is 13.2. The van der Waals surface area contributed by atoms with Crippen LogP contribution >= 0.6 is 0 Å². The van der Waals surface area contributed by atoms with Crippen LogP contribution in [0.3, 0.4) is 0 Å². The first kappa shape index (κ1) is 18.7. The average molecular weight is 394 g/mol. The molecule has 0 amide bonds. The van der Waals surface area contributed by atoms with Gasteiger partial charge in [0.05, 0.1) is 12.7 Å². The second-order valence-electron chi connectivity index (χ2n) is 6.22. The summed E-state index contributed by atoms with van der Waals surface area (Å²) >= 11 is 0. The van der Waals surface area contributed by atoms with Crippen LogP contribution in [-0.2, 0) is 11.3 Å². The second kappa shape index (κ2) is 8.15. The van der Waals surface area contributed by atoms with E-state index in [-0.39, 0.29) is 0 Å². The fourth-order valence-electron chi connectivity index (χ4n) is 3.10. The number of imidazole rings is 1. The summed E-state index contributed by atoms with van der Waals surface area (Å²) in [6.07, 6.45) is 2.03. The Morgan fingerprint density at radius 3 is 2.83 bits per heavy atom. The predicted octanol–water partition coefficient (Wildman–Crippen LogP) is 1.07. The van der Waals surface area contributed by atoms with Gasteiger partial charge in [-0.05, 0) is 18.6 Å². The van der Waals surface area contributed by atoms with Crippen molar-refractivity contribution in [2.75, 3.05) is 6.61 Å². The van der Waals surface area contributed by atoms with Gasteiger partial charge in [0.15, 0.2) is 16.7 Å². The molecule has 0 aliphatic carbocycles. The van der Waals surface area contributed by atoms with Crippen LogP contribution in [0.5, 0.6) is 0 Å². The van der Waals surface area contributed by atoms with Gasteiger partial charge >= 0.3 is 0 Å². The topological polar surface area (TPSA) is 115 Å². The van der Waals surface area contributed by atoms with Crippen LogP contribution < -0.4 is 22.0 Å². The maximum atomic E-state index is 13.8. The molecule has 3 heterocycles. The van der Waals surface area contributed by atoms with Gasteiger partial charge in [0.25, 0.3) is 0 Å². The van der Waals surface area contributed by atoms with Crippen molar-refractivity contribution in [1.29, 1.82) is 0 Å². The van der Waals surface area contributed by atoms with E-state index < -0.39 is 12.2 Å². The average Bonchev–Trinajstić information content (AvgIpc) is 3.08. The molecular formula is C19H19FN8O. The highest BCUT2D eigenvalue weighted by atomic mass is 19.1. The summed E-state index contributed by atoms with van der Waals surface area (Å²) in [5.41, 5.74) is 2.08. The number of halogens is 1. The number of pyridine rings is 1. The molecule has 3 aromatic rings. The minimum Gasteiger partial charge on any atom is -0.339 e. The minimum absolute atomic E-state index is 0.327. The van der Waals surface area contributed by atoms with Crippen molar-refractivity contribution in [3.05, 3.63) is 71.0 Å². The third-order valence-electron chi connectivity index (χ3n) is 4.29. The molecule has 9 nitrogen and oxygen atoms in total. The van der Waals surface area contributed by atoms with E-state index in [9.17, 15) is 4.39 Å². The first-order valence-corrected chi connectivity index (χ1v) is 9.02. The largest absolute Gasteiger partial charge is 0.339 e. The summed E-state index contributed by atoms with van der Waals surface area (Å²) in [5, 5.41) is 10.8. The monoisotopic (exact) mass is 394 g/mol. The lowest BCUT2D eigenvalue weighted by molar-refractivity contribution is 0.0512. The van der Waals surface area contributed by atoms with E-state index >= 15 is 0 Å². The number of rotatable bonds is 6. The number of nitrogens with one attached hydrogen (secondary N) is 1. The molecule has 1 atom stereocenters. The van der Waals surface area contributed by atoms with Gasteiger partial charge in [0, 0.05) is 18.4 Å². The predicted molar refractivity (Wildman–Crippen MR) is 103 cm³/mol. The number of benzene rings is 1. The van der Waals surface area contributed by atoms with Gasteiger partial charge in [0.2, 0.25) is 6.35 Å². The van der Waals surface area contributed by atoms with Gasteiger partial charge < -0.3 is 20.5 Å². The standard InChI is InChI=1S/C19H19FN8O/c1-2-29-19-24-16(26-27-21)15-18(25-19)28(11-12-6-4-3-5-7-12)17(23-15)13-8-14(20)10-22-9-13/h3-10,19,24H,2,11H2,1H3,(H2,21,26). The Balaban J connectivity index is 1.98. The number of ether oxygens (including phenoxy) is 1. The molecule has 0 bridgehead atoms. The van der Waals surface area contributed by atoms with E-state index in [0.29, 0.717) is 41.2 Å². The molecule has 0 fully saturated rings. The van der Waals surface area contributed by atoms with E-state index in [0.717, 1.165) is 11.8 Å². The summed E-state index contributed by atoms with van der Waals surface area (Å²) < 4.78 is 21.3. The Labute approximate surface area is 165 Å². The van der Waals surface area contributed by atoms with Crippen molar-refractivity contribution >= 4 is 5.82 Å². The molecule has 29 heavy (non-hydrogen) atoms. The number of hydrogen-bond acceptors (Lipinski definition) is 7. The normalized spacial score (nSPS) is 15.8. The smallest absolute Gasteiger partial charge is 0.228 e. The third kappa shape index (κ3) is 3.83. The first-order chi connectivity index (χ1) is 14.2. The van der Waals surface area contributed by atoms with Crippen LogP contribution in [0, 0.1) is 5.82 Å². The molecule has 0 saturated carbocycles. The zero-order valence-corrected chi connectivity index (χ0v) is 15.7. The quantitative estimate of drug-likeness (QED) is 0.369. The lowest BCUT2D eigenvalue weighted by atomic mass is 10.2. The Kier molecular flexibility index (Phi) is 5.25. The molecule has 2 aromatic heterocycles. The van der Waals surface area contributed by atoms with Crippen molar-refractivity contribution in [3.63, 3.8) is 0 Å². The van der Waals surface area contributed by atoms with Gasteiger partial charge in [-0.2, -0.15) is 0 Å². The van der Waals surface area contributed by atoms with Crippen LogP contribution in [0.2, 0.25) is 0 Å². The molecule has 0 saturated heterocycles. The Hall–Kier alpha value is -3.66. The summed E-state index contributed by atoms with van der Waals surface area (Å²) in [5.74, 6) is 5.64. The van der Waals surface area contributed by atoms with E-state index in [4.69, 9.17) is 10.6 Å². The highest BCUT2D eigenvalue weighted by Crippen LogP contribution is 2.17. The number of nitrogens with zero attached hydrogens (tertiary/aromatic N) is 6. The molecule has 3 N–H and O–H groups in total. The van der Waals surface area contributed by atoms with Crippen molar-refractivity contribution in [1.82, 2.24) is 19.9 Å². The van der Waals surface area contributed by atoms with E-state index in [2.05, 4.69) is 30.6 Å². The molecule has 10 heteroatoms. The Morgan fingerprint density at radius 1 is 1.28 bits per heavy atom. The molecule has 1 aromatic carbocycles. The second-order valence-corrected chi connectivity index (χ2v) is 6.22. The maximum Gasteiger partial charge on any atom is 0.228 e. The molecule has 1 aliphatic rings. The van der Waals surface area contributed by atoms with Crippen LogP contribution in [0.15, 0.2) is 64.1 Å².